The van der Waals surface area contributed by atoms with Crippen LogP contribution >= 0.6 is 0 Å². The Morgan fingerprint density at radius 3 is 2.29 bits per heavy atom. The summed E-state index contributed by atoms with van der Waals surface area (Å²) in [5.41, 5.74) is 0.490. The van der Waals surface area contributed by atoms with Gasteiger partial charge in [0, 0.05) is 18.2 Å². The van der Waals surface area contributed by atoms with E-state index in [1.807, 2.05) is 18.2 Å². The molecule has 0 saturated heterocycles. The SMILES string of the molecule is N#CC1(NC(=O)C2(NC(=O)c3cc4ccc(-c5ccc6[nH]c(=O)[nH]c6c5)cc4o3)CCC(F)(F)CC2)CC1. The molecule has 2 fully saturated rings. The molecule has 0 atom stereocenters. The van der Waals surface area contributed by atoms with Gasteiger partial charge in [-0.15, -0.1) is 0 Å². The second kappa shape index (κ2) is 8.28. The molecule has 2 heterocycles. The van der Waals surface area contributed by atoms with Gasteiger partial charge in [0.1, 0.15) is 16.7 Å². The highest BCUT2D eigenvalue weighted by Crippen LogP contribution is 2.41. The van der Waals surface area contributed by atoms with Crippen molar-refractivity contribution in [2.24, 2.45) is 0 Å². The Balaban J connectivity index is 1.27. The first-order chi connectivity index (χ1) is 18.1. The highest BCUT2D eigenvalue weighted by atomic mass is 19.3. The number of rotatable bonds is 5. The van der Waals surface area contributed by atoms with Crippen LogP contribution in [0.3, 0.4) is 0 Å². The number of carbonyl (C=O) groups excluding carboxylic acids is 2. The summed E-state index contributed by atoms with van der Waals surface area (Å²) in [5, 5.41) is 15.3. The molecule has 11 heteroatoms. The third-order valence-electron chi connectivity index (χ3n) is 7.53. The molecule has 2 saturated carbocycles. The number of aromatic amines is 2. The summed E-state index contributed by atoms with van der Waals surface area (Å²) >= 11 is 0. The molecule has 38 heavy (non-hydrogen) atoms. The minimum Gasteiger partial charge on any atom is -0.451 e. The van der Waals surface area contributed by atoms with E-state index in [1.165, 1.54) is 6.07 Å². The van der Waals surface area contributed by atoms with Crippen LogP contribution in [0.2, 0.25) is 0 Å². The lowest BCUT2D eigenvalue weighted by Gasteiger charge is -2.39. The number of fused-ring (bicyclic) bond motifs is 2. The van der Waals surface area contributed by atoms with Gasteiger partial charge in [0.25, 0.3) is 5.91 Å². The molecule has 194 valence electrons. The van der Waals surface area contributed by atoms with Gasteiger partial charge >= 0.3 is 5.69 Å². The standard InChI is InChI=1S/C27H23F2N5O4/c28-27(29)9-7-26(8-10-27,23(36)34-25(14-30)5-6-25)33-22(35)21-13-17-2-1-16(12-20(17)38-21)15-3-4-18-19(11-15)32-24(37)31-18/h1-4,11-13H,5-10H2,(H,33,35)(H,34,36)(H2,31,32,37). The minimum absolute atomic E-state index is 0.0616. The lowest BCUT2D eigenvalue weighted by molar-refractivity contribution is -0.133. The van der Waals surface area contributed by atoms with E-state index in [4.69, 9.17) is 4.42 Å². The number of nitrogens with zero attached hydrogens (tertiary/aromatic N) is 1. The van der Waals surface area contributed by atoms with E-state index in [1.54, 1.807) is 18.2 Å². The van der Waals surface area contributed by atoms with Crippen LogP contribution in [0.25, 0.3) is 33.1 Å². The molecule has 0 radical (unpaired) electrons. The van der Waals surface area contributed by atoms with Crippen LogP contribution in [-0.4, -0.2) is 38.8 Å². The lowest BCUT2D eigenvalue weighted by atomic mass is 9.78. The van der Waals surface area contributed by atoms with Crippen LogP contribution in [0.4, 0.5) is 8.78 Å². The molecular formula is C27H23F2N5O4. The summed E-state index contributed by atoms with van der Waals surface area (Å²) < 4.78 is 33.7. The Bertz CT molecular complexity index is 1700. The van der Waals surface area contributed by atoms with Crippen LogP contribution < -0.4 is 16.3 Å². The summed E-state index contributed by atoms with van der Waals surface area (Å²) in [4.78, 5) is 43.4. The highest BCUT2D eigenvalue weighted by molar-refractivity contribution is 6.01. The van der Waals surface area contributed by atoms with Crippen molar-refractivity contribution in [2.75, 3.05) is 0 Å². The number of benzene rings is 2. The Morgan fingerprint density at radius 2 is 1.58 bits per heavy atom. The third kappa shape index (κ3) is 4.22. The van der Waals surface area contributed by atoms with Gasteiger partial charge in [-0.3, -0.25) is 9.59 Å². The Morgan fingerprint density at radius 1 is 0.895 bits per heavy atom. The molecule has 0 spiro atoms. The fourth-order valence-corrected chi connectivity index (χ4v) is 4.99. The first-order valence-corrected chi connectivity index (χ1v) is 12.3. The molecule has 0 aliphatic heterocycles. The van der Waals surface area contributed by atoms with Gasteiger partial charge in [-0.2, -0.15) is 5.26 Å². The minimum atomic E-state index is -2.92. The van der Waals surface area contributed by atoms with Gasteiger partial charge in [0.15, 0.2) is 5.76 Å². The number of nitrogens with one attached hydrogen (secondary N) is 4. The number of carbonyl (C=O) groups is 2. The van der Waals surface area contributed by atoms with Crippen molar-refractivity contribution in [3.63, 3.8) is 0 Å². The number of H-pyrrole nitrogens is 2. The normalized spacial score (nSPS) is 19.1. The molecule has 4 N–H and O–H groups in total. The first kappa shape index (κ1) is 23.9. The van der Waals surface area contributed by atoms with E-state index in [9.17, 15) is 28.4 Å². The molecule has 4 aromatic rings. The highest BCUT2D eigenvalue weighted by Gasteiger charge is 2.53. The van der Waals surface area contributed by atoms with Crippen LogP contribution in [-0.2, 0) is 4.79 Å². The molecule has 9 nitrogen and oxygen atoms in total. The molecule has 0 bridgehead atoms. The third-order valence-corrected chi connectivity index (χ3v) is 7.53. The van der Waals surface area contributed by atoms with Crippen LogP contribution in [0.5, 0.6) is 0 Å². The van der Waals surface area contributed by atoms with E-state index in [2.05, 4.69) is 26.7 Å². The number of halogens is 2. The van der Waals surface area contributed by atoms with E-state index in [0.29, 0.717) is 34.8 Å². The average molecular weight is 520 g/mol. The largest absolute Gasteiger partial charge is 0.451 e. The Hall–Kier alpha value is -4.46. The van der Waals surface area contributed by atoms with Crippen molar-refractivity contribution >= 4 is 33.8 Å². The summed E-state index contributed by atoms with van der Waals surface area (Å²) in [5.74, 6) is -4.31. The van der Waals surface area contributed by atoms with E-state index < -0.39 is 41.7 Å². The fraction of sp³-hybridized carbons (Fsp3) is 0.333. The quantitative estimate of drug-likeness (QED) is 0.314. The van der Waals surface area contributed by atoms with Crippen LogP contribution in [0.1, 0.15) is 49.1 Å². The van der Waals surface area contributed by atoms with Gasteiger partial charge in [-0.05, 0) is 61.1 Å². The van der Waals surface area contributed by atoms with Crippen LogP contribution in [0, 0.1) is 11.3 Å². The number of nitriles is 1. The molecule has 2 aliphatic rings. The molecule has 2 aliphatic carbocycles. The summed E-state index contributed by atoms with van der Waals surface area (Å²) in [6.07, 6.45) is -0.662. The van der Waals surface area contributed by atoms with E-state index in [0.717, 1.165) is 11.1 Å². The fourth-order valence-electron chi connectivity index (χ4n) is 4.99. The summed E-state index contributed by atoms with van der Waals surface area (Å²) in [7, 11) is 0. The molecule has 0 unspecified atom stereocenters. The smallest absolute Gasteiger partial charge is 0.323 e. The van der Waals surface area contributed by atoms with E-state index >= 15 is 0 Å². The van der Waals surface area contributed by atoms with Crippen LogP contribution in [0.15, 0.2) is 51.7 Å². The van der Waals surface area contributed by atoms with Crippen molar-refractivity contribution in [1.29, 1.82) is 5.26 Å². The van der Waals surface area contributed by atoms with Gasteiger partial charge in [0.2, 0.25) is 11.8 Å². The topological polar surface area (TPSA) is 144 Å². The summed E-state index contributed by atoms with van der Waals surface area (Å²) in [6.45, 7) is 0. The zero-order chi connectivity index (χ0) is 26.7. The maximum Gasteiger partial charge on any atom is 0.323 e. The molecular weight excluding hydrogens is 496 g/mol. The zero-order valence-electron chi connectivity index (χ0n) is 20.1. The number of amides is 2. The lowest BCUT2D eigenvalue weighted by Crippen LogP contribution is -2.62. The van der Waals surface area contributed by atoms with Crippen molar-refractivity contribution < 1.29 is 22.8 Å². The zero-order valence-corrected chi connectivity index (χ0v) is 20.1. The number of hydrogen-bond donors (Lipinski definition) is 4. The number of imidazole rings is 1. The molecule has 2 aromatic carbocycles. The number of furan rings is 1. The maximum atomic E-state index is 14.0. The van der Waals surface area contributed by atoms with Crippen molar-refractivity contribution in [3.05, 3.63) is 58.7 Å². The van der Waals surface area contributed by atoms with E-state index in [-0.39, 0.29) is 24.3 Å². The number of aromatic nitrogens is 2. The van der Waals surface area contributed by atoms with Gasteiger partial charge in [-0.25, -0.2) is 13.6 Å². The van der Waals surface area contributed by atoms with Crippen molar-refractivity contribution in [2.45, 2.75) is 55.5 Å². The Labute approximate surface area is 214 Å². The number of hydrogen-bond acceptors (Lipinski definition) is 5. The predicted octanol–water partition coefficient (Wildman–Crippen LogP) is 4.12. The second-order valence-electron chi connectivity index (χ2n) is 10.2. The summed E-state index contributed by atoms with van der Waals surface area (Å²) in [6, 6.07) is 14.4. The van der Waals surface area contributed by atoms with Gasteiger partial charge < -0.3 is 25.0 Å². The predicted molar refractivity (Wildman–Crippen MR) is 133 cm³/mol. The van der Waals surface area contributed by atoms with Crippen molar-refractivity contribution in [3.8, 4) is 17.2 Å². The molecule has 2 aromatic heterocycles. The van der Waals surface area contributed by atoms with Crippen molar-refractivity contribution in [1.82, 2.24) is 20.6 Å². The van der Waals surface area contributed by atoms with Gasteiger partial charge in [0.05, 0.1) is 17.1 Å². The second-order valence-corrected chi connectivity index (χ2v) is 10.2. The number of alkyl halides is 2. The maximum absolute atomic E-state index is 14.0. The first-order valence-electron chi connectivity index (χ1n) is 12.3. The molecule has 2 amide bonds. The monoisotopic (exact) mass is 519 g/mol. The average Bonchev–Trinajstić information content (AvgIpc) is 3.36. The molecule has 6 rings (SSSR count). The Kier molecular flexibility index (Phi) is 5.21. The van der Waals surface area contributed by atoms with Gasteiger partial charge in [-0.1, -0.05) is 18.2 Å².